The van der Waals surface area contributed by atoms with Crippen LogP contribution in [-0.2, 0) is 4.74 Å². The Kier molecular flexibility index (Phi) is 2.46. The number of carbonyl (C=O) groups excluding carboxylic acids is 1. The van der Waals surface area contributed by atoms with E-state index in [1.54, 1.807) is 12.1 Å². The van der Waals surface area contributed by atoms with E-state index in [0.29, 0.717) is 10.4 Å². The fourth-order valence-corrected chi connectivity index (χ4v) is 2.28. The molecule has 0 aromatic carbocycles. The Balaban J connectivity index is 2.70. The van der Waals surface area contributed by atoms with Crippen LogP contribution in [-0.4, -0.2) is 18.1 Å². The van der Waals surface area contributed by atoms with E-state index in [1.807, 2.05) is 6.07 Å². The van der Waals surface area contributed by atoms with Gasteiger partial charge in [-0.3, -0.25) is 0 Å². The van der Waals surface area contributed by atoms with Crippen LogP contribution in [0, 0.1) is 11.3 Å². The first kappa shape index (κ1) is 10.4. The van der Waals surface area contributed by atoms with E-state index in [-0.39, 0.29) is 11.4 Å². The molecule has 0 amide bonds. The van der Waals surface area contributed by atoms with Gasteiger partial charge in [0.05, 0.1) is 17.5 Å². The van der Waals surface area contributed by atoms with E-state index in [0.717, 1.165) is 4.70 Å². The molecule has 0 saturated heterocycles. The number of thiophene rings is 1. The second-order valence-corrected chi connectivity index (χ2v) is 4.04. The number of fused-ring (bicyclic) bond motifs is 1. The molecule has 16 heavy (non-hydrogen) atoms. The summed E-state index contributed by atoms with van der Waals surface area (Å²) in [7, 11) is 1.29. The summed E-state index contributed by atoms with van der Waals surface area (Å²) >= 11 is 1.20. The lowest BCUT2D eigenvalue weighted by Gasteiger charge is -1.95. The number of hydrogen-bond donors (Lipinski definition) is 1. The second kappa shape index (κ2) is 3.79. The second-order valence-electron chi connectivity index (χ2n) is 2.99. The number of methoxy groups -OCH3 is 1. The molecule has 2 aromatic rings. The quantitative estimate of drug-likeness (QED) is 0.754. The average Bonchev–Trinajstić information content (AvgIpc) is 2.65. The Bertz CT molecular complexity index is 612. The van der Waals surface area contributed by atoms with E-state index in [1.165, 1.54) is 18.4 Å². The summed E-state index contributed by atoms with van der Waals surface area (Å²) in [6, 6.07) is 5.22. The molecule has 2 heterocycles. The van der Waals surface area contributed by atoms with Crippen molar-refractivity contribution in [3.05, 3.63) is 22.7 Å². The van der Waals surface area contributed by atoms with Gasteiger partial charge in [0.25, 0.3) is 0 Å². The van der Waals surface area contributed by atoms with Gasteiger partial charge < -0.3 is 10.5 Å². The normalized spacial score (nSPS) is 10.0. The molecule has 2 rings (SSSR count). The molecule has 0 spiro atoms. The summed E-state index contributed by atoms with van der Waals surface area (Å²) in [5.74, 6) is -0.487. The third kappa shape index (κ3) is 1.47. The first-order valence-electron chi connectivity index (χ1n) is 4.34. The number of pyridine rings is 1. The molecule has 5 nitrogen and oxygen atoms in total. The van der Waals surface area contributed by atoms with Crippen molar-refractivity contribution < 1.29 is 9.53 Å². The largest absolute Gasteiger partial charge is 0.465 e. The molecule has 80 valence electrons. The van der Waals surface area contributed by atoms with Crippen LogP contribution in [0.2, 0.25) is 0 Å². The van der Waals surface area contributed by atoms with Gasteiger partial charge in [0.1, 0.15) is 22.2 Å². The van der Waals surface area contributed by atoms with Crippen molar-refractivity contribution in [3.8, 4) is 6.07 Å². The highest BCUT2D eigenvalue weighted by Gasteiger charge is 2.17. The van der Waals surface area contributed by atoms with Gasteiger partial charge in [0, 0.05) is 0 Å². The molecule has 0 aliphatic carbocycles. The molecule has 0 radical (unpaired) electrons. The maximum absolute atomic E-state index is 11.4. The van der Waals surface area contributed by atoms with E-state index < -0.39 is 5.97 Å². The summed E-state index contributed by atoms with van der Waals surface area (Å²) in [6.45, 7) is 0. The fourth-order valence-electron chi connectivity index (χ4n) is 1.30. The highest BCUT2D eigenvalue weighted by Crippen LogP contribution is 2.32. The lowest BCUT2D eigenvalue weighted by Crippen LogP contribution is -2.01. The van der Waals surface area contributed by atoms with E-state index in [4.69, 9.17) is 11.0 Å². The molecule has 0 aliphatic heterocycles. The number of nitrogens with zero attached hydrogens (tertiary/aromatic N) is 2. The van der Waals surface area contributed by atoms with Gasteiger partial charge in [-0.1, -0.05) is 0 Å². The number of nitriles is 1. The van der Waals surface area contributed by atoms with Crippen molar-refractivity contribution >= 4 is 33.2 Å². The Morgan fingerprint density at radius 3 is 3.00 bits per heavy atom. The summed E-state index contributed by atoms with van der Waals surface area (Å²) < 4.78 is 5.36. The van der Waals surface area contributed by atoms with E-state index in [9.17, 15) is 4.79 Å². The van der Waals surface area contributed by atoms with Gasteiger partial charge in [-0.25, -0.2) is 9.78 Å². The molecule has 6 heteroatoms. The molecule has 2 N–H and O–H groups in total. The monoisotopic (exact) mass is 233 g/mol. The maximum Gasteiger partial charge on any atom is 0.350 e. The third-order valence-electron chi connectivity index (χ3n) is 2.06. The number of nitrogen functional groups attached to an aromatic ring is 1. The van der Waals surface area contributed by atoms with Gasteiger partial charge in [0.15, 0.2) is 0 Å². The van der Waals surface area contributed by atoms with Crippen LogP contribution in [0.5, 0.6) is 0 Å². The predicted octanol–water partition coefficient (Wildman–Crippen LogP) is 1.54. The van der Waals surface area contributed by atoms with Crippen molar-refractivity contribution in [2.75, 3.05) is 12.8 Å². The zero-order valence-electron chi connectivity index (χ0n) is 8.35. The van der Waals surface area contributed by atoms with Gasteiger partial charge in [-0.2, -0.15) is 5.26 Å². The maximum atomic E-state index is 11.4. The molecule has 0 saturated carbocycles. The standard InChI is InChI=1S/C10H7N3O2S/c1-15-10(14)9-7(12)8-6(16-9)3-2-5(4-11)13-8/h2-3H,12H2,1H3. The fraction of sp³-hybridized carbons (Fsp3) is 0.100. The highest BCUT2D eigenvalue weighted by molar-refractivity contribution is 7.21. The molecular formula is C10H7N3O2S. The van der Waals surface area contributed by atoms with E-state index in [2.05, 4.69) is 9.72 Å². The smallest absolute Gasteiger partial charge is 0.350 e. The van der Waals surface area contributed by atoms with Crippen molar-refractivity contribution in [3.63, 3.8) is 0 Å². The summed E-state index contributed by atoms with van der Waals surface area (Å²) in [5.41, 5.74) is 6.79. The Labute approximate surface area is 95.1 Å². The predicted molar refractivity (Wildman–Crippen MR) is 60.1 cm³/mol. The van der Waals surface area contributed by atoms with Gasteiger partial charge in [-0.05, 0) is 12.1 Å². The van der Waals surface area contributed by atoms with Crippen molar-refractivity contribution in [2.45, 2.75) is 0 Å². The van der Waals surface area contributed by atoms with Crippen LogP contribution >= 0.6 is 11.3 Å². The number of hydrogen-bond acceptors (Lipinski definition) is 6. The highest BCUT2D eigenvalue weighted by atomic mass is 32.1. The first-order valence-corrected chi connectivity index (χ1v) is 5.16. The van der Waals surface area contributed by atoms with Crippen molar-refractivity contribution in [1.29, 1.82) is 5.26 Å². The number of ether oxygens (including phenoxy) is 1. The molecule has 0 bridgehead atoms. The zero-order valence-corrected chi connectivity index (χ0v) is 9.17. The minimum Gasteiger partial charge on any atom is -0.465 e. The van der Waals surface area contributed by atoms with Crippen LogP contribution in [0.3, 0.4) is 0 Å². The van der Waals surface area contributed by atoms with Crippen molar-refractivity contribution in [2.24, 2.45) is 0 Å². The Morgan fingerprint density at radius 1 is 1.62 bits per heavy atom. The third-order valence-corrected chi connectivity index (χ3v) is 3.20. The van der Waals surface area contributed by atoms with Crippen LogP contribution in [0.15, 0.2) is 12.1 Å². The summed E-state index contributed by atoms with van der Waals surface area (Å²) in [6.07, 6.45) is 0. The van der Waals surface area contributed by atoms with Crippen LogP contribution in [0.25, 0.3) is 10.2 Å². The topological polar surface area (TPSA) is 89.0 Å². The molecule has 0 unspecified atom stereocenters. The Morgan fingerprint density at radius 2 is 2.38 bits per heavy atom. The number of carbonyl (C=O) groups is 1. The average molecular weight is 233 g/mol. The van der Waals surface area contributed by atoms with Crippen LogP contribution < -0.4 is 5.73 Å². The van der Waals surface area contributed by atoms with E-state index >= 15 is 0 Å². The van der Waals surface area contributed by atoms with Crippen LogP contribution in [0.1, 0.15) is 15.4 Å². The lowest BCUT2D eigenvalue weighted by molar-refractivity contribution is 0.0607. The van der Waals surface area contributed by atoms with Gasteiger partial charge >= 0.3 is 5.97 Å². The van der Waals surface area contributed by atoms with Crippen LogP contribution in [0.4, 0.5) is 5.69 Å². The molecule has 0 fully saturated rings. The molecule has 0 atom stereocenters. The van der Waals surface area contributed by atoms with Gasteiger partial charge in [-0.15, -0.1) is 11.3 Å². The number of esters is 1. The lowest BCUT2D eigenvalue weighted by atomic mass is 10.3. The first-order chi connectivity index (χ1) is 7.67. The minimum absolute atomic E-state index is 0.268. The zero-order chi connectivity index (χ0) is 11.7. The summed E-state index contributed by atoms with van der Waals surface area (Å²) in [5, 5.41) is 8.71. The number of rotatable bonds is 1. The molecular weight excluding hydrogens is 226 g/mol. The Hall–Kier alpha value is -2.13. The molecule has 0 aliphatic rings. The number of nitrogens with two attached hydrogens (primary N) is 1. The molecule has 2 aromatic heterocycles. The van der Waals surface area contributed by atoms with Gasteiger partial charge in [0.2, 0.25) is 0 Å². The number of anilines is 1. The minimum atomic E-state index is -0.487. The summed E-state index contributed by atoms with van der Waals surface area (Å²) in [4.78, 5) is 15.7. The SMILES string of the molecule is COC(=O)c1sc2ccc(C#N)nc2c1N. The van der Waals surface area contributed by atoms with Crippen molar-refractivity contribution in [1.82, 2.24) is 4.98 Å². The number of aromatic nitrogens is 1.